The molecule has 2 aromatic carbocycles. The summed E-state index contributed by atoms with van der Waals surface area (Å²) >= 11 is 0. The van der Waals surface area contributed by atoms with Gasteiger partial charge in [-0.15, -0.1) is 0 Å². The van der Waals surface area contributed by atoms with Crippen LogP contribution in [0.15, 0.2) is 48.5 Å². The van der Waals surface area contributed by atoms with Gasteiger partial charge in [0.1, 0.15) is 0 Å². The molecule has 4 heteroatoms. The third kappa shape index (κ3) is 4.91. The fourth-order valence-corrected chi connectivity index (χ4v) is 3.03. The zero-order valence-electron chi connectivity index (χ0n) is 15.1. The van der Waals surface area contributed by atoms with E-state index in [0.717, 1.165) is 44.0 Å². The van der Waals surface area contributed by atoms with Crippen molar-refractivity contribution in [1.82, 2.24) is 9.80 Å². The Balaban J connectivity index is 1.58. The van der Waals surface area contributed by atoms with Gasteiger partial charge in [0.25, 0.3) is 5.91 Å². The maximum absolute atomic E-state index is 12.6. The van der Waals surface area contributed by atoms with Crippen molar-refractivity contribution in [3.8, 4) is 0 Å². The average molecular weight is 338 g/mol. The van der Waals surface area contributed by atoms with Gasteiger partial charge in [0.05, 0.1) is 13.2 Å². The van der Waals surface area contributed by atoms with E-state index in [2.05, 4.69) is 48.2 Å². The Bertz CT molecular complexity index is 689. The minimum Gasteiger partial charge on any atom is -0.379 e. The molecule has 0 unspecified atom stereocenters. The molecule has 0 atom stereocenters. The summed E-state index contributed by atoms with van der Waals surface area (Å²) in [5.41, 5.74) is 4.35. The second kappa shape index (κ2) is 8.28. The van der Waals surface area contributed by atoms with Gasteiger partial charge in [0.2, 0.25) is 0 Å². The SMILES string of the molecule is Cc1ccc(CN(C)C(=O)c2ccc(CN3CCOCC3)cc2)cc1. The van der Waals surface area contributed by atoms with Crippen LogP contribution in [0, 0.1) is 6.92 Å². The monoisotopic (exact) mass is 338 g/mol. The van der Waals surface area contributed by atoms with Gasteiger partial charge in [-0.3, -0.25) is 9.69 Å². The number of rotatable bonds is 5. The lowest BCUT2D eigenvalue weighted by Gasteiger charge is -2.26. The molecular weight excluding hydrogens is 312 g/mol. The maximum atomic E-state index is 12.6. The molecule has 0 saturated carbocycles. The van der Waals surface area contributed by atoms with Gasteiger partial charge < -0.3 is 9.64 Å². The number of hydrogen-bond acceptors (Lipinski definition) is 3. The first-order valence-electron chi connectivity index (χ1n) is 8.82. The zero-order valence-corrected chi connectivity index (χ0v) is 15.1. The highest BCUT2D eigenvalue weighted by Crippen LogP contribution is 2.13. The van der Waals surface area contributed by atoms with Crippen molar-refractivity contribution < 1.29 is 9.53 Å². The zero-order chi connectivity index (χ0) is 17.6. The molecule has 0 N–H and O–H groups in total. The van der Waals surface area contributed by atoms with Crippen molar-refractivity contribution in [2.75, 3.05) is 33.4 Å². The van der Waals surface area contributed by atoms with Crippen LogP contribution in [-0.4, -0.2) is 49.1 Å². The van der Waals surface area contributed by atoms with Crippen molar-refractivity contribution in [2.24, 2.45) is 0 Å². The summed E-state index contributed by atoms with van der Waals surface area (Å²) in [6.07, 6.45) is 0. The number of aryl methyl sites for hydroxylation is 1. The highest BCUT2D eigenvalue weighted by atomic mass is 16.5. The van der Waals surface area contributed by atoms with Gasteiger partial charge in [-0.2, -0.15) is 0 Å². The lowest BCUT2D eigenvalue weighted by Crippen LogP contribution is -2.35. The fourth-order valence-electron chi connectivity index (χ4n) is 3.03. The predicted octanol–water partition coefficient (Wildman–Crippen LogP) is 3.10. The lowest BCUT2D eigenvalue weighted by molar-refractivity contribution is 0.0342. The number of benzene rings is 2. The molecule has 1 fully saturated rings. The average Bonchev–Trinajstić information content (AvgIpc) is 2.64. The van der Waals surface area contributed by atoms with Crippen LogP contribution in [-0.2, 0) is 17.8 Å². The second-order valence-electron chi connectivity index (χ2n) is 6.73. The third-order valence-electron chi connectivity index (χ3n) is 4.60. The standard InChI is InChI=1S/C21H26N2O2/c1-17-3-5-18(6-4-17)15-22(2)21(24)20-9-7-19(8-10-20)16-23-11-13-25-14-12-23/h3-10H,11-16H2,1-2H3. The number of hydrogen-bond donors (Lipinski definition) is 0. The Morgan fingerprint density at radius 2 is 1.60 bits per heavy atom. The first-order chi connectivity index (χ1) is 12.1. The van der Waals surface area contributed by atoms with E-state index in [1.54, 1.807) is 4.90 Å². The van der Waals surface area contributed by atoms with Crippen molar-refractivity contribution >= 4 is 5.91 Å². The first-order valence-corrected chi connectivity index (χ1v) is 8.82. The van der Waals surface area contributed by atoms with E-state index in [9.17, 15) is 4.79 Å². The predicted molar refractivity (Wildman–Crippen MR) is 99.5 cm³/mol. The van der Waals surface area contributed by atoms with Gasteiger partial charge >= 0.3 is 0 Å². The summed E-state index contributed by atoms with van der Waals surface area (Å²) in [4.78, 5) is 16.8. The summed E-state index contributed by atoms with van der Waals surface area (Å²) in [5, 5.41) is 0. The minimum absolute atomic E-state index is 0.0542. The fraction of sp³-hybridized carbons (Fsp3) is 0.381. The van der Waals surface area contributed by atoms with Crippen LogP contribution >= 0.6 is 0 Å². The van der Waals surface area contributed by atoms with Crippen molar-refractivity contribution in [3.63, 3.8) is 0 Å². The quantitative estimate of drug-likeness (QED) is 0.840. The van der Waals surface area contributed by atoms with E-state index in [1.807, 2.05) is 19.2 Å². The molecule has 0 spiro atoms. The Morgan fingerprint density at radius 3 is 2.24 bits per heavy atom. The Hall–Kier alpha value is -2.17. The van der Waals surface area contributed by atoms with E-state index in [0.29, 0.717) is 6.54 Å². The largest absolute Gasteiger partial charge is 0.379 e. The number of amides is 1. The number of carbonyl (C=O) groups is 1. The molecule has 0 aromatic heterocycles. The Kier molecular flexibility index (Phi) is 5.84. The first kappa shape index (κ1) is 17.6. The molecule has 0 radical (unpaired) electrons. The van der Waals surface area contributed by atoms with Crippen molar-refractivity contribution in [2.45, 2.75) is 20.0 Å². The minimum atomic E-state index is 0.0542. The second-order valence-corrected chi connectivity index (χ2v) is 6.73. The van der Waals surface area contributed by atoms with E-state index in [4.69, 9.17) is 4.74 Å². The summed E-state index contributed by atoms with van der Waals surface area (Å²) in [7, 11) is 1.85. The van der Waals surface area contributed by atoms with Crippen LogP contribution in [0.25, 0.3) is 0 Å². The molecule has 1 aliphatic rings. The number of morpholine rings is 1. The number of carbonyl (C=O) groups excluding carboxylic acids is 1. The Labute approximate surface area is 150 Å². The van der Waals surface area contributed by atoms with Crippen molar-refractivity contribution in [1.29, 1.82) is 0 Å². The molecule has 1 aliphatic heterocycles. The van der Waals surface area contributed by atoms with Crippen molar-refractivity contribution in [3.05, 3.63) is 70.8 Å². The van der Waals surface area contributed by atoms with E-state index < -0.39 is 0 Å². The van der Waals surface area contributed by atoms with E-state index in [-0.39, 0.29) is 5.91 Å². The van der Waals surface area contributed by atoms with Gasteiger partial charge in [0, 0.05) is 38.8 Å². The third-order valence-corrected chi connectivity index (χ3v) is 4.60. The smallest absolute Gasteiger partial charge is 0.253 e. The molecule has 0 aliphatic carbocycles. The van der Waals surface area contributed by atoms with Gasteiger partial charge in [-0.05, 0) is 30.2 Å². The normalized spacial score (nSPS) is 15.1. The number of ether oxygens (including phenoxy) is 1. The Morgan fingerprint density at radius 1 is 1.00 bits per heavy atom. The van der Waals surface area contributed by atoms with Crippen LogP contribution in [0.3, 0.4) is 0 Å². The van der Waals surface area contributed by atoms with Gasteiger partial charge in [0.15, 0.2) is 0 Å². The summed E-state index contributed by atoms with van der Waals surface area (Å²) in [5.74, 6) is 0.0542. The molecule has 0 bridgehead atoms. The maximum Gasteiger partial charge on any atom is 0.253 e. The van der Waals surface area contributed by atoms with Crippen LogP contribution in [0.2, 0.25) is 0 Å². The summed E-state index contributed by atoms with van der Waals surface area (Å²) < 4.78 is 5.38. The molecule has 1 heterocycles. The summed E-state index contributed by atoms with van der Waals surface area (Å²) in [6, 6.07) is 16.3. The lowest BCUT2D eigenvalue weighted by atomic mass is 10.1. The topological polar surface area (TPSA) is 32.8 Å². The molecule has 1 amide bonds. The van der Waals surface area contributed by atoms with Gasteiger partial charge in [-0.25, -0.2) is 0 Å². The van der Waals surface area contributed by atoms with Crippen LogP contribution in [0.1, 0.15) is 27.0 Å². The highest BCUT2D eigenvalue weighted by Gasteiger charge is 2.14. The van der Waals surface area contributed by atoms with Gasteiger partial charge in [-0.1, -0.05) is 42.0 Å². The highest BCUT2D eigenvalue weighted by molar-refractivity contribution is 5.94. The van der Waals surface area contributed by atoms with Crippen LogP contribution in [0.4, 0.5) is 0 Å². The molecule has 4 nitrogen and oxygen atoms in total. The molecule has 3 rings (SSSR count). The number of nitrogens with zero attached hydrogens (tertiary/aromatic N) is 2. The molecular formula is C21H26N2O2. The summed E-state index contributed by atoms with van der Waals surface area (Å²) in [6.45, 7) is 7.16. The molecule has 2 aromatic rings. The van der Waals surface area contributed by atoms with E-state index >= 15 is 0 Å². The molecule has 25 heavy (non-hydrogen) atoms. The van der Waals surface area contributed by atoms with Crippen LogP contribution < -0.4 is 0 Å². The van der Waals surface area contributed by atoms with Crippen LogP contribution in [0.5, 0.6) is 0 Å². The van der Waals surface area contributed by atoms with E-state index in [1.165, 1.54) is 11.1 Å². The molecule has 132 valence electrons. The molecule has 1 saturated heterocycles.